The van der Waals surface area contributed by atoms with Crippen molar-refractivity contribution < 1.29 is 19.1 Å². The van der Waals surface area contributed by atoms with Gasteiger partial charge in [0.15, 0.2) is 0 Å². The molecule has 0 aliphatic heterocycles. The molecule has 0 heterocycles. The Morgan fingerprint density at radius 2 is 1.88 bits per heavy atom. The minimum atomic E-state index is -0.703. The highest BCUT2D eigenvalue weighted by Crippen LogP contribution is 2.05. The molecular weight excluding hydrogens is 242 g/mol. The van der Waals surface area contributed by atoms with Crippen LogP contribution in [0.3, 0.4) is 0 Å². The van der Waals surface area contributed by atoms with Crippen LogP contribution >= 0.6 is 12.6 Å². The highest BCUT2D eigenvalue weighted by atomic mass is 32.1. The second-order valence-electron chi connectivity index (χ2n) is 4.56. The number of rotatable bonds is 6. The Morgan fingerprint density at radius 3 is 2.29 bits per heavy atom. The van der Waals surface area contributed by atoms with E-state index in [1.165, 1.54) is 6.92 Å². The first-order chi connectivity index (χ1) is 7.76. The molecule has 1 N–H and O–H groups in total. The van der Waals surface area contributed by atoms with E-state index in [9.17, 15) is 9.59 Å². The van der Waals surface area contributed by atoms with Gasteiger partial charge >= 0.3 is 5.97 Å². The Hall–Kier alpha value is -0.750. The molecule has 0 fully saturated rings. The maximum Gasteiger partial charge on any atom is 0.329 e. The number of hydrogen-bond donors (Lipinski definition) is 2. The number of carbonyl (C=O) groups is 2. The monoisotopic (exact) mass is 263 g/mol. The Kier molecular flexibility index (Phi) is 7.22. The minimum absolute atomic E-state index is 0.167. The van der Waals surface area contributed by atoms with Crippen LogP contribution in [0.25, 0.3) is 0 Å². The highest BCUT2D eigenvalue weighted by molar-refractivity contribution is 7.80. The fourth-order valence-corrected chi connectivity index (χ4v) is 1.26. The van der Waals surface area contributed by atoms with Crippen molar-refractivity contribution in [3.05, 3.63) is 0 Å². The molecule has 1 unspecified atom stereocenters. The van der Waals surface area contributed by atoms with E-state index in [1.807, 2.05) is 20.8 Å². The lowest BCUT2D eigenvalue weighted by molar-refractivity contribution is -0.150. The summed E-state index contributed by atoms with van der Waals surface area (Å²) >= 11 is 3.97. The van der Waals surface area contributed by atoms with Gasteiger partial charge in [0.1, 0.15) is 12.6 Å². The molecule has 0 saturated carbocycles. The van der Waals surface area contributed by atoms with Gasteiger partial charge in [-0.3, -0.25) is 4.79 Å². The molecule has 0 aliphatic rings. The molecule has 1 atom stereocenters. The molecular formula is C11H21NO4S. The normalized spacial score (nSPS) is 13.0. The van der Waals surface area contributed by atoms with Crippen LogP contribution in [0, 0.1) is 0 Å². The Morgan fingerprint density at radius 1 is 1.29 bits per heavy atom. The molecule has 0 aromatic heterocycles. The van der Waals surface area contributed by atoms with Crippen molar-refractivity contribution in [1.29, 1.82) is 0 Å². The van der Waals surface area contributed by atoms with E-state index < -0.39 is 12.0 Å². The van der Waals surface area contributed by atoms with Gasteiger partial charge in [-0.2, -0.15) is 12.6 Å². The van der Waals surface area contributed by atoms with E-state index in [0.717, 1.165) is 0 Å². The standard InChI is InChI=1S/C11H21NO4S/c1-8(13)12-9(7-17)10(14)15-5-6-16-11(2,3)4/h9,17H,5-7H2,1-4H3,(H,12,13). The van der Waals surface area contributed by atoms with E-state index in [4.69, 9.17) is 9.47 Å². The third-order valence-electron chi connectivity index (χ3n) is 1.71. The average molecular weight is 263 g/mol. The van der Waals surface area contributed by atoms with Gasteiger partial charge in [0.25, 0.3) is 0 Å². The Balaban J connectivity index is 3.87. The van der Waals surface area contributed by atoms with Crippen LogP contribution in [0.15, 0.2) is 0 Å². The van der Waals surface area contributed by atoms with Gasteiger partial charge < -0.3 is 14.8 Å². The summed E-state index contributed by atoms with van der Waals surface area (Å²) in [6, 6.07) is -0.703. The van der Waals surface area contributed by atoms with Crippen LogP contribution in [-0.2, 0) is 19.1 Å². The fraction of sp³-hybridized carbons (Fsp3) is 0.818. The number of hydrogen-bond acceptors (Lipinski definition) is 5. The van der Waals surface area contributed by atoms with E-state index in [-0.39, 0.29) is 23.9 Å². The maximum absolute atomic E-state index is 11.5. The van der Waals surface area contributed by atoms with Gasteiger partial charge in [-0.05, 0) is 20.8 Å². The summed E-state index contributed by atoms with van der Waals surface area (Å²) in [7, 11) is 0. The summed E-state index contributed by atoms with van der Waals surface area (Å²) in [5.74, 6) is -0.571. The summed E-state index contributed by atoms with van der Waals surface area (Å²) in [4.78, 5) is 22.3. The zero-order valence-corrected chi connectivity index (χ0v) is 11.7. The molecule has 0 aromatic rings. The predicted octanol–water partition coefficient (Wildman–Crippen LogP) is 0.779. The summed E-state index contributed by atoms with van der Waals surface area (Å²) in [6.45, 7) is 7.59. The van der Waals surface area contributed by atoms with Crippen molar-refractivity contribution in [3.63, 3.8) is 0 Å². The van der Waals surface area contributed by atoms with Crippen LogP contribution in [0.5, 0.6) is 0 Å². The van der Waals surface area contributed by atoms with Crippen LogP contribution in [0.1, 0.15) is 27.7 Å². The zero-order chi connectivity index (χ0) is 13.5. The molecule has 0 radical (unpaired) electrons. The summed E-state index contributed by atoms with van der Waals surface area (Å²) in [6.07, 6.45) is 0. The number of amides is 1. The van der Waals surface area contributed by atoms with Crippen molar-refractivity contribution in [2.24, 2.45) is 0 Å². The SMILES string of the molecule is CC(=O)NC(CS)C(=O)OCCOC(C)(C)C. The summed E-state index contributed by atoms with van der Waals surface area (Å²) in [5.41, 5.74) is -0.257. The number of carbonyl (C=O) groups excluding carboxylic acids is 2. The molecule has 6 heteroatoms. The lowest BCUT2D eigenvalue weighted by Crippen LogP contribution is -2.42. The maximum atomic E-state index is 11.5. The van der Waals surface area contributed by atoms with Gasteiger partial charge in [-0.1, -0.05) is 0 Å². The molecule has 5 nitrogen and oxygen atoms in total. The molecule has 0 bridgehead atoms. The Labute approximate surface area is 108 Å². The highest BCUT2D eigenvalue weighted by Gasteiger charge is 2.19. The fourth-order valence-electron chi connectivity index (χ4n) is 1.02. The molecule has 100 valence electrons. The molecule has 17 heavy (non-hydrogen) atoms. The van der Waals surface area contributed by atoms with Gasteiger partial charge in [-0.15, -0.1) is 0 Å². The molecule has 0 spiro atoms. The van der Waals surface area contributed by atoms with Crippen molar-refractivity contribution in [3.8, 4) is 0 Å². The largest absolute Gasteiger partial charge is 0.462 e. The zero-order valence-electron chi connectivity index (χ0n) is 10.8. The third kappa shape index (κ3) is 9.00. The van der Waals surface area contributed by atoms with Gasteiger partial charge in [-0.25, -0.2) is 4.79 Å². The van der Waals surface area contributed by atoms with Crippen LogP contribution in [0.2, 0.25) is 0 Å². The van der Waals surface area contributed by atoms with Crippen LogP contribution in [-0.4, -0.2) is 42.5 Å². The Bertz CT molecular complexity index is 263. The van der Waals surface area contributed by atoms with Crippen molar-refractivity contribution >= 4 is 24.5 Å². The first kappa shape index (κ1) is 16.2. The van der Waals surface area contributed by atoms with Crippen molar-refractivity contribution in [2.75, 3.05) is 19.0 Å². The molecule has 0 rings (SSSR count). The summed E-state index contributed by atoms with van der Waals surface area (Å²) < 4.78 is 10.4. The van der Waals surface area contributed by atoms with Crippen molar-refractivity contribution in [2.45, 2.75) is 39.3 Å². The quantitative estimate of drug-likeness (QED) is 0.422. The van der Waals surface area contributed by atoms with Crippen LogP contribution < -0.4 is 5.32 Å². The van der Waals surface area contributed by atoms with Crippen molar-refractivity contribution in [1.82, 2.24) is 5.32 Å². The molecule has 0 saturated heterocycles. The summed E-state index contributed by atoms with van der Waals surface area (Å²) in [5, 5.41) is 2.46. The number of ether oxygens (including phenoxy) is 2. The van der Waals surface area contributed by atoms with Gasteiger partial charge in [0, 0.05) is 12.7 Å². The topological polar surface area (TPSA) is 64.6 Å². The number of esters is 1. The van der Waals surface area contributed by atoms with Crippen LogP contribution in [0.4, 0.5) is 0 Å². The number of thiol groups is 1. The molecule has 1 amide bonds. The molecule has 0 aliphatic carbocycles. The van der Waals surface area contributed by atoms with Gasteiger partial charge in [0.05, 0.1) is 12.2 Å². The lowest BCUT2D eigenvalue weighted by Gasteiger charge is -2.20. The van der Waals surface area contributed by atoms with E-state index in [2.05, 4.69) is 17.9 Å². The average Bonchev–Trinajstić information content (AvgIpc) is 2.19. The van der Waals surface area contributed by atoms with E-state index >= 15 is 0 Å². The van der Waals surface area contributed by atoms with Gasteiger partial charge in [0.2, 0.25) is 5.91 Å². The molecule has 0 aromatic carbocycles. The second-order valence-corrected chi connectivity index (χ2v) is 4.93. The lowest BCUT2D eigenvalue weighted by atomic mass is 10.2. The number of nitrogens with one attached hydrogen (secondary N) is 1. The first-order valence-corrected chi connectivity index (χ1v) is 6.08. The third-order valence-corrected chi connectivity index (χ3v) is 2.07. The first-order valence-electron chi connectivity index (χ1n) is 5.45. The smallest absolute Gasteiger partial charge is 0.329 e. The van der Waals surface area contributed by atoms with E-state index in [0.29, 0.717) is 6.61 Å². The second kappa shape index (κ2) is 7.55. The minimum Gasteiger partial charge on any atom is -0.462 e. The predicted molar refractivity (Wildman–Crippen MR) is 68.1 cm³/mol. The van der Waals surface area contributed by atoms with E-state index in [1.54, 1.807) is 0 Å².